The van der Waals surface area contributed by atoms with Crippen molar-refractivity contribution in [2.45, 2.75) is 50.5 Å². The molecule has 7 heteroatoms. The van der Waals surface area contributed by atoms with E-state index in [1.54, 1.807) is 18.2 Å². The Morgan fingerprint density at radius 2 is 1.96 bits per heavy atom. The van der Waals surface area contributed by atoms with Crippen molar-refractivity contribution in [2.75, 3.05) is 20.7 Å². The molecule has 6 nitrogen and oxygen atoms in total. The Labute approximate surface area is 150 Å². The van der Waals surface area contributed by atoms with E-state index < -0.39 is 10.0 Å². The zero-order chi connectivity index (χ0) is 18.6. The maximum atomic E-state index is 12.5. The smallest absolute Gasteiger partial charge is 0.258 e. The number of nitrogens with one attached hydrogen (secondary N) is 1. The van der Waals surface area contributed by atoms with E-state index in [1.807, 2.05) is 6.92 Å². The Morgan fingerprint density at radius 3 is 2.60 bits per heavy atom. The van der Waals surface area contributed by atoms with Crippen LogP contribution in [0.3, 0.4) is 0 Å². The Balaban J connectivity index is 2.06. The third-order valence-electron chi connectivity index (χ3n) is 4.67. The van der Waals surface area contributed by atoms with Crippen molar-refractivity contribution in [3.8, 4) is 5.75 Å². The number of benzene rings is 1. The van der Waals surface area contributed by atoms with Crippen LogP contribution in [0.2, 0.25) is 0 Å². The van der Waals surface area contributed by atoms with E-state index in [2.05, 4.69) is 12.2 Å². The molecule has 1 aliphatic carbocycles. The van der Waals surface area contributed by atoms with Crippen LogP contribution in [0.1, 0.15) is 38.2 Å². The minimum Gasteiger partial charge on any atom is -0.482 e. The molecule has 1 aliphatic rings. The molecular weight excluding hydrogens is 340 g/mol. The number of hydrogen-bond acceptors (Lipinski definition) is 4. The lowest BCUT2D eigenvalue weighted by molar-refractivity contribution is -0.124. The minimum atomic E-state index is -3.64. The van der Waals surface area contributed by atoms with Gasteiger partial charge in [0.15, 0.2) is 6.61 Å². The normalized spacial score (nSPS) is 21.2. The zero-order valence-corrected chi connectivity index (χ0v) is 16.2. The maximum Gasteiger partial charge on any atom is 0.258 e. The van der Waals surface area contributed by atoms with Crippen LogP contribution in [-0.4, -0.2) is 45.4 Å². The van der Waals surface area contributed by atoms with E-state index >= 15 is 0 Å². The number of amides is 1. The van der Waals surface area contributed by atoms with Crippen LogP contribution < -0.4 is 10.1 Å². The molecule has 0 spiro atoms. The van der Waals surface area contributed by atoms with Gasteiger partial charge in [0.1, 0.15) is 10.6 Å². The summed E-state index contributed by atoms with van der Waals surface area (Å²) in [6, 6.07) is 5.10. The molecule has 1 saturated carbocycles. The highest BCUT2D eigenvalue weighted by Gasteiger charge is 2.25. The van der Waals surface area contributed by atoms with Gasteiger partial charge in [0, 0.05) is 20.1 Å². The van der Waals surface area contributed by atoms with Crippen molar-refractivity contribution < 1.29 is 17.9 Å². The van der Waals surface area contributed by atoms with Gasteiger partial charge in [0.05, 0.1) is 0 Å². The fourth-order valence-electron chi connectivity index (χ4n) is 3.06. The summed E-state index contributed by atoms with van der Waals surface area (Å²) >= 11 is 0. The average Bonchev–Trinajstić information content (AvgIpc) is 2.55. The number of hydrogen-bond donors (Lipinski definition) is 1. The molecule has 1 amide bonds. The first-order valence-electron chi connectivity index (χ1n) is 8.67. The molecule has 0 heterocycles. The van der Waals surface area contributed by atoms with E-state index in [9.17, 15) is 13.2 Å². The number of carbonyl (C=O) groups is 1. The first-order chi connectivity index (χ1) is 11.7. The van der Waals surface area contributed by atoms with Crippen molar-refractivity contribution in [2.24, 2.45) is 5.92 Å². The number of sulfonamides is 1. The van der Waals surface area contributed by atoms with Gasteiger partial charge in [-0.25, -0.2) is 12.7 Å². The SMILES string of the molecule is Cc1ccc(OCC(=O)N[C@H]2CCCC[C@@H]2C)c(S(=O)(=O)N(C)C)c1. The summed E-state index contributed by atoms with van der Waals surface area (Å²) < 4.78 is 31.6. The summed E-state index contributed by atoms with van der Waals surface area (Å²) in [5.41, 5.74) is 0.813. The molecule has 1 aromatic rings. The summed E-state index contributed by atoms with van der Waals surface area (Å²) in [6.45, 7) is 3.77. The van der Waals surface area contributed by atoms with Crippen LogP contribution >= 0.6 is 0 Å². The second kappa shape index (κ2) is 8.19. The van der Waals surface area contributed by atoms with E-state index in [1.165, 1.54) is 20.5 Å². The van der Waals surface area contributed by atoms with Crippen molar-refractivity contribution in [1.82, 2.24) is 9.62 Å². The molecule has 0 aromatic heterocycles. The Kier molecular flexibility index (Phi) is 6.46. The Morgan fingerprint density at radius 1 is 1.28 bits per heavy atom. The lowest BCUT2D eigenvalue weighted by Gasteiger charge is -2.29. The number of aryl methyl sites for hydroxylation is 1. The van der Waals surface area contributed by atoms with E-state index in [0.29, 0.717) is 5.92 Å². The molecule has 1 aromatic carbocycles. The van der Waals surface area contributed by atoms with Gasteiger partial charge in [-0.15, -0.1) is 0 Å². The lowest BCUT2D eigenvalue weighted by Crippen LogP contribution is -2.43. The molecule has 0 radical (unpaired) electrons. The van der Waals surface area contributed by atoms with Crippen molar-refractivity contribution in [3.63, 3.8) is 0 Å². The standard InChI is InChI=1S/C18H28N2O4S/c1-13-9-10-16(17(11-13)25(22,23)20(3)4)24-12-18(21)19-15-8-6-5-7-14(15)2/h9-11,14-15H,5-8,12H2,1-4H3,(H,19,21)/t14-,15-/m0/s1. The van der Waals surface area contributed by atoms with E-state index in [-0.39, 0.29) is 29.2 Å². The summed E-state index contributed by atoms with van der Waals surface area (Å²) in [6.07, 6.45) is 4.44. The fraction of sp³-hybridized carbons (Fsp3) is 0.611. The van der Waals surface area contributed by atoms with Gasteiger partial charge in [-0.2, -0.15) is 0 Å². The third-order valence-corrected chi connectivity index (χ3v) is 6.51. The van der Waals surface area contributed by atoms with Crippen LogP contribution in [0.4, 0.5) is 0 Å². The number of carbonyl (C=O) groups excluding carboxylic acids is 1. The maximum absolute atomic E-state index is 12.5. The average molecular weight is 368 g/mol. The number of rotatable bonds is 6. The highest BCUT2D eigenvalue weighted by atomic mass is 32.2. The Bertz CT molecular complexity index is 716. The topological polar surface area (TPSA) is 75.7 Å². The molecule has 0 unspecified atom stereocenters. The summed E-state index contributed by atoms with van der Waals surface area (Å²) in [5.74, 6) is 0.445. The predicted molar refractivity (Wildman–Crippen MR) is 97.1 cm³/mol. The molecule has 25 heavy (non-hydrogen) atoms. The van der Waals surface area contributed by atoms with Gasteiger partial charge in [-0.1, -0.05) is 25.8 Å². The molecule has 1 N–H and O–H groups in total. The van der Waals surface area contributed by atoms with Crippen molar-refractivity contribution >= 4 is 15.9 Å². The van der Waals surface area contributed by atoms with Gasteiger partial charge in [-0.3, -0.25) is 4.79 Å². The van der Waals surface area contributed by atoms with Crippen LogP contribution in [-0.2, 0) is 14.8 Å². The summed E-state index contributed by atoms with van der Waals surface area (Å²) in [5, 5.41) is 3.01. The second-order valence-electron chi connectivity index (χ2n) is 6.96. The third kappa shape index (κ3) is 4.95. The molecule has 2 atom stereocenters. The van der Waals surface area contributed by atoms with Crippen molar-refractivity contribution in [1.29, 1.82) is 0 Å². The number of ether oxygens (including phenoxy) is 1. The van der Waals surface area contributed by atoms with Crippen LogP contribution in [0.5, 0.6) is 5.75 Å². The largest absolute Gasteiger partial charge is 0.482 e. The molecular formula is C18H28N2O4S. The van der Waals surface area contributed by atoms with Gasteiger partial charge >= 0.3 is 0 Å². The van der Waals surface area contributed by atoms with Crippen LogP contribution in [0.25, 0.3) is 0 Å². The first kappa shape index (κ1) is 19.7. The van der Waals surface area contributed by atoms with Gasteiger partial charge in [0.25, 0.3) is 5.91 Å². The summed E-state index contributed by atoms with van der Waals surface area (Å²) in [7, 11) is -0.696. The Hall–Kier alpha value is -1.60. The van der Waals surface area contributed by atoms with Crippen molar-refractivity contribution in [3.05, 3.63) is 23.8 Å². The number of nitrogens with zero attached hydrogens (tertiary/aromatic N) is 1. The predicted octanol–water partition coefficient (Wildman–Crippen LogP) is 2.32. The van der Waals surface area contributed by atoms with Gasteiger partial charge < -0.3 is 10.1 Å². The van der Waals surface area contributed by atoms with Crippen LogP contribution in [0.15, 0.2) is 23.1 Å². The first-order valence-corrected chi connectivity index (χ1v) is 10.1. The van der Waals surface area contributed by atoms with Gasteiger partial charge in [0.2, 0.25) is 10.0 Å². The molecule has 140 valence electrons. The molecule has 0 bridgehead atoms. The molecule has 2 rings (SSSR count). The highest BCUT2D eigenvalue weighted by Crippen LogP contribution is 2.27. The molecule has 0 aliphatic heterocycles. The monoisotopic (exact) mass is 368 g/mol. The fourth-order valence-corrected chi connectivity index (χ4v) is 4.16. The minimum absolute atomic E-state index is 0.0799. The lowest BCUT2D eigenvalue weighted by atomic mass is 9.86. The quantitative estimate of drug-likeness (QED) is 0.836. The zero-order valence-electron chi connectivity index (χ0n) is 15.4. The van der Waals surface area contributed by atoms with Gasteiger partial charge in [-0.05, 0) is 43.4 Å². The van der Waals surface area contributed by atoms with E-state index in [0.717, 1.165) is 29.1 Å². The summed E-state index contributed by atoms with van der Waals surface area (Å²) in [4.78, 5) is 12.3. The second-order valence-corrected chi connectivity index (χ2v) is 9.08. The molecule has 1 fully saturated rings. The van der Waals surface area contributed by atoms with E-state index in [4.69, 9.17) is 4.74 Å². The van der Waals surface area contributed by atoms with Crippen LogP contribution in [0, 0.1) is 12.8 Å². The molecule has 0 saturated heterocycles. The highest BCUT2D eigenvalue weighted by molar-refractivity contribution is 7.89.